The van der Waals surface area contributed by atoms with Crippen LogP contribution in [0, 0.1) is 0 Å². The lowest BCUT2D eigenvalue weighted by Crippen LogP contribution is -2.30. The van der Waals surface area contributed by atoms with E-state index in [1.165, 1.54) is 11.1 Å². The molecule has 0 spiro atoms. The van der Waals surface area contributed by atoms with Crippen LogP contribution in [0.3, 0.4) is 0 Å². The fraction of sp³-hybridized carbons (Fsp3) is 0.333. The predicted molar refractivity (Wildman–Crippen MR) is 81.8 cm³/mol. The van der Waals surface area contributed by atoms with Crippen molar-refractivity contribution in [1.82, 2.24) is 4.90 Å². The molecular weight excluding hydrogens is 319 g/mol. The molecule has 4 rings (SSSR count). The zero-order valence-electron chi connectivity index (χ0n) is 12.9. The van der Waals surface area contributed by atoms with Crippen LogP contribution < -0.4 is 9.47 Å². The van der Waals surface area contributed by atoms with E-state index in [1.807, 2.05) is 12.1 Å². The number of alkyl halides is 3. The Kier molecular flexibility index (Phi) is 3.64. The minimum absolute atomic E-state index is 0.257. The van der Waals surface area contributed by atoms with Crippen molar-refractivity contribution < 1.29 is 22.6 Å². The Hall–Kier alpha value is -2.21. The Morgan fingerprint density at radius 3 is 2.29 bits per heavy atom. The molecule has 0 radical (unpaired) electrons. The normalized spacial score (nSPS) is 17.0. The van der Waals surface area contributed by atoms with Crippen molar-refractivity contribution in [2.45, 2.75) is 25.7 Å². The Labute approximate surface area is 137 Å². The van der Waals surface area contributed by atoms with E-state index in [4.69, 9.17) is 9.47 Å². The number of ether oxygens (including phenoxy) is 2. The van der Waals surface area contributed by atoms with Crippen LogP contribution in [0.4, 0.5) is 13.2 Å². The molecule has 3 nitrogen and oxygen atoms in total. The maximum Gasteiger partial charge on any atom is 0.416 e. The number of rotatable bonds is 2. The van der Waals surface area contributed by atoms with Crippen LogP contribution in [0.25, 0.3) is 0 Å². The van der Waals surface area contributed by atoms with Crippen LogP contribution in [0.15, 0.2) is 36.4 Å². The summed E-state index contributed by atoms with van der Waals surface area (Å²) in [5.74, 6) is 1.56. The first-order valence-electron chi connectivity index (χ1n) is 7.79. The van der Waals surface area contributed by atoms with Crippen LogP contribution in [0.1, 0.15) is 22.3 Å². The van der Waals surface area contributed by atoms with E-state index in [1.54, 1.807) is 12.1 Å². The van der Waals surface area contributed by atoms with Crippen LogP contribution in [-0.2, 0) is 25.7 Å². The highest BCUT2D eigenvalue weighted by atomic mass is 19.4. The van der Waals surface area contributed by atoms with E-state index in [0.717, 1.165) is 48.7 Å². The second-order valence-electron chi connectivity index (χ2n) is 6.13. The Morgan fingerprint density at radius 1 is 0.958 bits per heavy atom. The van der Waals surface area contributed by atoms with E-state index in [-0.39, 0.29) is 6.79 Å². The van der Waals surface area contributed by atoms with Gasteiger partial charge in [-0.2, -0.15) is 13.2 Å². The van der Waals surface area contributed by atoms with Gasteiger partial charge in [-0.05, 0) is 47.4 Å². The fourth-order valence-corrected chi connectivity index (χ4v) is 3.20. The zero-order valence-corrected chi connectivity index (χ0v) is 12.9. The van der Waals surface area contributed by atoms with E-state index >= 15 is 0 Å². The Bertz CT molecular complexity index is 756. The van der Waals surface area contributed by atoms with Gasteiger partial charge in [-0.25, -0.2) is 0 Å². The summed E-state index contributed by atoms with van der Waals surface area (Å²) in [5.41, 5.74) is 2.72. The number of nitrogens with zero attached hydrogens (tertiary/aromatic N) is 1. The van der Waals surface area contributed by atoms with Crippen LogP contribution in [0.2, 0.25) is 0 Å². The third-order valence-electron chi connectivity index (χ3n) is 4.47. The molecule has 2 aliphatic heterocycles. The summed E-state index contributed by atoms with van der Waals surface area (Å²) >= 11 is 0. The molecule has 6 heteroatoms. The van der Waals surface area contributed by atoms with Gasteiger partial charge in [0.1, 0.15) is 0 Å². The molecule has 0 N–H and O–H groups in total. The number of benzene rings is 2. The molecule has 0 bridgehead atoms. The average Bonchev–Trinajstić information content (AvgIpc) is 2.99. The van der Waals surface area contributed by atoms with Crippen molar-refractivity contribution in [2.24, 2.45) is 0 Å². The van der Waals surface area contributed by atoms with Gasteiger partial charge in [0.05, 0.1) is 5.56 Å². The van der Waals surface area contributed by atoms with Crippen molar-refractivity contribution in [3.63, 3.8) is 0 Å². The molecule has 0 atom stereocenters. The highest BCUT2D eigenvalue weighted by Crippen LogP contribution is 2.37. The molecule has 0 unspecified atom stereocenters. The van der Waals surface area contributed by atoms with Crippen LogP contribution in [-0.4, -0.2) is 18.2 Å². The first-order valence-corrected chi connectivity index (χ1v) is 7.79. The lowest BCUT2D eigenvalue weighted by atomic mass is 9.98. The summed E-state index contributed by atoms with van der Waals surface area (Å²) < 4.78 is 48.7. The standard InChI is InChI=1S/C18H16F3NO2/c19-18(20,21)15-3-1-12(2-4-15)9-22-6-5-13-7-16-17(24-11-23-16)8-14(13)10-22/h1-4,7-8H,5-6,9-11H2. The maximum absolute atomic E-state index is 12.6. The topological polar surface area (TPSA) is 21.7 Å². The van der Waals surface area contributed by atoms with E-state index in [2.05, 4.69) is 4.90 Å². The molecule has 2 heterocycles. The van der Waals surface area contributed by atoms with Gasteiger partial charge in [0.15, 0.2) is 11.5 Å². The predicted octanol–water partition coefficient (Wildman–Crippen LogP) is 3.99. The molecule has 0 saturated heterocycles. The summed E-state index contributed by atoms with van der Waals surface area (Å²) in [6, 6.07) is 9.44. The van der Waals surface area contributed by atoms with Crippen molar-refractivity contribution in [3.8, 4) is 11.5 Å². The summed E-state index contributed by atoms with van der Waals surface area (Å²) in [7, 11) is 0. The summed E-state index contributed by atoms with van der Waals surface area (Å²) in [6.45, 7) is 2.51. The van der Waals surface area contributed by atoms with Gasteiger partial charge >= 0.3 is 6.18 Å². The van der Waals surface area contributed by atoms with Gasteiger partial charge in [0.25, 0.3) is 0 Å². The molecule has 24 heavy (non-hydrogen) atoms. The summed E-state index contributed by atoms with van der Waals surface area (Å²) in [4.78, 5) is 2.23. The smallest absolute Gasteiger partial charge is 0.416 e. The molecule has 0 aliphatic carbocycles. The number of halogens is 3. The second-order valence-corrected chi connectivity index (χ2v) is 6.13. The molecule has 0 amide bonds. The highest BCUT2D eigenvalue weighted by Gasteiger charge is 2.30. The molecule has 2 aromatic rings. The Balaban J connectivity index is 1.47. The largest absolute Gasteiger partial charge is 0.454 e. The third kappa shape index (κ3) is 2.94. The zero-order chi connectivity index (χ0) is 16.7. The summed E-state index contributed by atoms with van der Waals surface area (Å²) in [6.07, 6.45) is -3.39. The molecule has 0 fully saturated rings. The number of hydrogen-bond donors (Lipinski definition) is 0. The SMILES string of the molecule is FC(F)(F)c1ccc(CN2CCc3cc4c(cc3C2)OCO4)cc1. The molecule has 126 valence electrons. The number of hydrogen-bond acceptors (Lipinski definition) is 3. The van der Waals surface area contributed by atoms with E-state index in [9.17, 15) is 13.2 Å². The average molecular weight is 335 g/mol. The van der Waals surface area contributed by atoms with Crippen molar-refractivity contribution >= 4 is 0 Å². The first-order chi connectivity index (χ1) is 11.5. The monoisotopic (exact) mass is 335 g/mol. The molecule has 0 aromatic heterocycles. The second kappa shape index (κ2) is 5.70. The van der Waals surface area contributed by atoms with E-state index in [0.29, 0.717) is 6.54 Å². The molecule has 2 aliphatic rings. The Morgan fingerprint density at radius 2 is 1.62 bits per heavy atom. The first kappa shape index (κ1) is 15.3. The van der Waals surface area contributed by atoms with Gasteiger partial charge < -0.3 is 9.47 Å². The van der Waals surface area contributed by atoms with Crippen molar-refractivity contribution in [2.75, 3.05) is 13.3 Å². The van der Waals surface area contributed by atoms with Gasteiger partial charge in [-0.15, -0.1) is 0 Å². The van der Waals surface area contributed by atoms with Gasteiger partial charge in [0, 0.05) is 19.6 Å². The maximum atomic E-state index is 12.6. The summed E-state index contributed by atoms with van der Waals surface area (Å²) in [5, 5.41) is 0. The highest BCUT2D eigenvalue weighted by molar-refractivity contribution is 5.49. The quantitative estimate of drug-likeness (QED) is 0.828. The molecule has 2 aromatic carbocycles. The van der Waals surface area contributed by atoms with E-state index < -0.39 is 11.7 Å². The van der Waals surface area contributed by atoms with Gasteiger partial charge in [-0.3, -0.25) is 4.90 Å². The molecule has 0 saturated carbocycles. The minimum atomic E-state index is -4.29. The fourth-order valence-electron chi connectivity index (χ4n) is 3.20. The molecular formula is C18H16F3NO2. The van der Waals surface area contributed by atoms with Crippen LogP contribution in [0.5, 0.6) is 11.5 Å². The van der Waals surface area contributed by atoms with Crippen molar-refractivity contribution in [3.05, 3.63) is 58.7 Å². The van der Waals surface area contributed by atoms with Crippen molar-refractivity contribution in [1.29, 1.82) is 0 Å². The number of fused-ring (bicyclic) bond motifs is 2. The third-order valence-corrected chi connectivity index (χ3v) is 4.47. The minimum Gasteiger partial charge on any atom is -0.454 e. The van der Waals surface area contributed by atoms with Gasteiger partial charge in [0.2, 0.25) is 6.79 Å². The van der Waals surface area contributed by atoms with Gasteiger partial charge in [-0.1, -0.05) is 12.1 Å². The lowest BCUT2D eigenvalue weighted by Gasteiger charge is -2.29. The van der Waals surface area contributed by atoms with Crippen LogP contribution >= 0.6 is 0 Å². The lowest BCUT2D eigenvalue weighted by molar-refractivity contribution is -0.137.